The fourth-order valence-corrected chi connectivity index (χ4v) is 4.80. The first-order valence-electron chi connectivity index (χ1n) is 12.2. The number of hydrogen-bond donors (Lipinski definition) is 4. The summed E-state index contributed by atoms with van der Waals surface area (Å²) in [5.41, 5.74) is 6.43. The molecular weight excluding hydrogens is 419 g/mol. The monoisotopic (exact) mass is 459 g/mol. The molecule has 9 heteroatoms. The number of rotatable bonds is 5. The van der Waals surface area contributed by atoms with Crippen molar-refractivity contribution >= 4 is 11.9 Å². The molecule has 1 aliphatic heterocycles. The van der Waals surface area contributed by atoms with E-state index in [1.807, 2.05) is 13.8 Å². The third kappa shape index (κ3) is 6.59. The van der Waals surface area contributed by atoms with Gasteiger partial charge in [0.05, 0.1) is 0 Å². The summed E-state index contributed by atoms with van der Waals surface area (Å²) in [6.07, 6.45) is -0.679. The molecule has 1 saturated heterocycles. The third-order valence-corrected chi connectivity index (χ3v) is 7.57. The fourth-order valence-electron chi connectivity index (χ4n) is 4.80. The summed E-state index contributed by atoms with van der Waals surface area (Å²) in [5.74, 6) is 0.135. The highest BCUT2D eigenvalue weighted by Crippen LogP contribution is 2.35. The van der Waals surface area contributed by atoms with Crippen LogP contribution < -0.4 is 21.5 Å². The molecule has 0 bridgehead atoms. The van der Waals surface area contributed by atoms with Gasteiger partial charge in [-0.15, -0.1) is 0 Å². The standard InChI is InChI=1S/C23H40F3N5O/c1-12(2)14(4)27-23(29-22(32)16-7-8-17(24)19(26)10-16)28-21-11-20(30-31-21)15-6-5-13(3)18(25)9-15/h12-21,30-31H,5-11H2,1-4H3,(H2,27,28,29,32). The number of amides is 1. The summed E-state index contributed by atoms with van der Waals surface area (Å²) in [5, 5.41) is 6.09. The molecule has 32 heavy (non-hydrogen) atoms. The summed E-state index contributed by atoms with van der Waals surface area (Å²) in [6.45, 7) is 8.11. The lowest BCUT2D eigenvalue weighted by Gasteiger charge is -2.32. The predicted molar refractivity (Wildman–Crippen MR) is 120 cm³/mol. The van der Waals surface area contributed by atoms with Gasteiger partial charge in [0.25, 0.3) is 0 Å². The normalized spacial score (nSPS) is 39.7. The maximum Gasteiger partial charge on any atom is 0.229 e. The molecule has 9 atom stereocenters. The van der Waals surface area contributed by atoms with E-state index in [0.29, 0.717) is 31.1 Å². The highest BCUT2D eigenvalue weighted by molar-refractivity contribution is 5.98. The van der Waals surface area contributed by atoms with Crippen LogP contribution in [0.4, 0.5) is 13.2 Å². The third-order valence-electron chi connectivity index (χ3n) is 7.57. The van der Waals surface area contributed by atoms with E-state index in [1.165, 1.54) is 0 Å². The summed E-state index contributed by atoms with van der Waals surface area (Å²) >= 11 is 0. The molecule has 1 amide bonds. The summed E-state index contributed by atoms with van der Waals surface area (Å²) < 4.78 is 41.5. The van der Waals surface area contributed by atoms with E-state index in [0.717, 1.165) is 12.8 Å². The Morgan fingerprint density at radius 3 is 2.34 bits per heavy atom. The predicted octanol–water partition coefficient (Wildman–Crippen LogP) is 3.54. The van der Waals surface area contributed by atoms with Gasteiger partial charge in [-0.1, -0.05) is 20.8 Å². The molecule has 184 valence electrons. The van der Waals surface area contributed by atoms with Crippen LogP contribution in [0.3, 0.4) is 0 Å². The van der Waals surface area contributed by atoms with Crippen LogP contribution in [0, 0.1) is 23.7 Å². The van der Waals surface area contributed by atoms with Crippen molar-refractivity contribution in [2.24, 2.45) is 28.7 Å². The average Bonchev–Trinajstić information content (AvgIpc) is 3.20. The van der Waals surface area contributed by atoms with E-state index in [2.05, 4.69) is 40.3 Å². The van der Waals surface area contributed by atoms with Crippen LogP contribution in [0.2, 0.25) is 0 Å². The summed E-state index contributed by atoms with van der Waals surface area (Å²) in [7, 11) is 0. The molecule has 4 N–H and O–H groups in total. The number of carbonyl (C=O) groups is 1. The Hall–Kier alpha value is -1.35. The maximum absolute atomic E-state index is 14.2. The minimum absolute atomic E-state index is 0.0573. The van der Waals surface area contributed by atoms with Gasteiger partial charge in [-0.2, -0.15) is 0 Å². The highest BCUT2D eigenvalue weighted by atomic mass is 19.2. The number of aliphatic imine (C=N–C) groups is 1. The molecule has 0 aromatic carbocycles. The number of hydrogen-bond acceptors (Lipinski definition) is 4. The van der Waals surface area contributed by atoms with E-state index in [4.69, 9.17) is 0 Å². The second kappa shape index (κ2) is 11.2. The first-order chi connectivity index (χ1) is 15.1. The van der Waals surface area contributed by atoms with Crippen LogP contribution >= 0.6 is 0 Å². The Morgan fingerprint density at radius 1 is 0.938 bits per heavy atom. The lowest BCUT2D eigenvalue weighted by Crippen LogP contribution is -2.50. The molecule has 3 fully saturated rings. The molecule has 3 rings (SSSR count). The molecule has 0 spiro atoms. The van der Waals surface area contributed by atoms with E-state index in [9.17, 15) is 18.0 Å². The van der Waals surface area contributed by atoms with Gasteiger partial charge in [0.1, 0.15) is 24.7 Å². The molecule has 2 aliphatic carbocycles. The maximum atomic E-state index is 14.2. The van der Waals surface area contributed by atoms with Gasteiger partial charge >= 0.3 is 0 Å². The summed E-state index contributed by atoms with van der Waals surface area (Å²) in [6, 6.07) is 0.183. The van der Waals surface area contributed by atoms with Crippen LogP contribution in [0.5, 0.6) is 0 Å². The van der Waals surface area contributed by atoms with Crippen molar-refractivity contribution in [3.05, 3.63) is 0 Å². The lowest BCUT2D eigenvalue weighted by molar-refractivity contribution is -0.125. The quantitative estimate of drug-likeness (QED) is 0.375. The van der Waals surface area contributed by atoms with Crippen molar-refractivity contribution in [2.75, 3.05) is 0 Å². The second-order valence-electron chi connectivity index (χ2n) is 10.4. The Kier molecular flexibility index (Phi) is 8.83. The average molecular weight is 460 g/mol. The van der Waals surface area contributed by atoms with Crippen molar-refractivity contribution in [2.45, 2.75) is 109 Å². The van der Waals surface area contributed by atoms with Crippen molar-refractivity contribution in [3.8, 4) is 0 Å². The van der Waals surface area contributed by atoms with Crippen LogP contribution in [-0.2, 0) is 4.79 Å². The highest BCUT2D eigenvalue weighted by Gasteiger charge is 2.37. The molecule has 0 radical (unpaired) electrons. The number of hydrazine groups is 1. The van der Waals surface area contributed by atoms with Crippen molar-refractivity contribution in [1.29, 1.82) is 0 Å². The molecular formula is C23H40F3N5O. The summed E-state index contributed by atoms with van der Waals surface area (Å²) in [4.78, 5) is 17.4. The first-order valence-corrected chi connectivity index (χ1v) is 12.2. The fraction of sp³-hybridized carbons (Fsp3) is 0.913. The Morgan fingerprint density at radius 2 is 1.69 bits per heavy atom. The first kappa shape index (κ1) is 25.3. The van der Waals surface area contributed by atoms with Gasteiger partial charge in [-0.3, -0.25) is 15.5 Å². The van der Waals surface area contributed by atoms with Gasteiger partial charge in [-0.25, -0.2) is 23.6 Å². The Labute approximate surface area is 189 Å². The zero-order chi connectivity index (χ0) is 23.4. The number of carbonyl (C=O) groups excluding carboxylic acids is 1. The van der Waals surface area contributed by atoms with Crippen molar-refractivity contribution in [3.63, 3.8) is 0 Å². The van der Waals surface area contributed by atoms with Crippen molar-refractivity contribution < 1.29 is 18.0 Å². The molecule has 9 unspecified atom stereocenters. The van der Waals surface area contributed by atoms with E-state index in [-0.39, 0.29) is 48.8 Å². The van der Waals surface area contributed by atoms with Crippen molar-refractivity contribution in [1.82, 2.24) is 21.5 Å². The Balaban J connectivity index is 1.62. The molecule has 1 heterocycles. The van der Waals surface area contributed by atoms with Crippen LogP contribution in [0.1, 0.15) is 72.6 Å². The molecule has 6 nitrogen and oxygen atoms in total. The number of halogens is 3. The minimum Gasteiger partial charge on any atom is -0.353 e. The number of guanidine groups is 1. The molecule has 3 aliphatic rings. The number of nitrogens with one attached hydrogen (secondary N) is 4. The van der Waals surface area contributed by atoms with Crippen LogP contribution in [-0.4, -0.2) is 48.6 Å². The molecule has 2 saturated carbocycles. The van der Waals surface area contributed by atoms with Gasteiger partial charge in [0, 0.05) is 24.4 Å². The van der Waals surface area contributed by atoms with Gasteiger partial charge in [0.15, 0.2) is 5.96 Å². The molecule has 0 aromatic heterocycles. The zero-order valence-electron chi connectivity index (χ0n) is 19.7. The largest absolute Gasteiger partial charge is 0.353 e. The second-order valence-corrected chi connectivity index (χ2v) is 10.4. The zero-order valence-corrected chi connectivity index (χ0v) is 19.7. The van der Waals surface area contributed by atoms with Gasteiger partial charge in [-0.05, 0) is 63.2 Å². The topological polar surface area (TPSA) is 77.6 Å². The van der Waals surface area contributed by atoms with Crippen LogP contribution in [0.25, 0.3) is 0 Å². The van der Waals surface area contributed by atoms with E-state index < -0.39 is 24.4 Å². The van der Waals surface area contributed by atoms with Gasteiger partial charge < -0.3 is 5.32 Å². The lowest BCUT2D eigenvalue weighted by atomic mass is 9.77. The SMILES string of the molecule is CC(C)C(C)N/C(=N\C1CC(C2CCC(C)C(F)C2)NN1)NC(=O)C1CCC(F)C(F)C1. The Bertz CT molecular complexity index is 664. The number of alkyl halides is 3. The minimum atomic E-state index is -1.60. The van der Waals surface area contributed by atoms with Gasteiger partial charge in [0.2, 0.25) is 5.91 Å². The number of nitrogens with zero attached hydrogens (tertiary/aromatic N) is 1. The van der Waals surface area contributed by atoms with E-state index in [1.54, 1.807) is 0 Å². The molecule has 0 aromatic rings. The van der Waals surface area contributed by atoms with E-state index >= 15 is 0 Å². The smallest absolute Gasteiger partial charge is 0.229 e. The van der Waals surface area contributed by atoms with Crippen LogP contribution in [0.15, 0.2) is 4.99 Å².